The van der Waals surface area contributed by atoms with Gasteiger partial charge in [0.1, 0.15) is 5.82 Å². The monoisotopic (exact) mass is 398 g/mol. The van der Waals surface area contributed by atoms with Crippen molar-refractivity contribution in [2.24, 2.45) is 0 Å². The molecule has 6 heteroatoms. The molecule has 1 amide bonds. The average molecular weight is 399 g/mol. The molecule has 2 aromatic rings. The number of carbonyl (C=O) groups excluding carboxylic acids is 1. The maximum absolute atomic E-state index is 14.6. The normalized spacial score (nSPS) is 15.3. The number of benzene rings is 2. The molecule has 1 aliphatic rings. The largest absolute Gasteiger partial charge is 0.381 e. The van der Waals surface area contributed by atoms with E-state index in [1.807, 2.05) is 45.0 Å². The van der Waals surface area contributed by atoms with Crippen LogP contribution in [0.5, 0.6) is 0 Å². The van der Waals surface area contributed by atoms with E-state index >= 15 is 0 Å². The van der Waals surface area contributed by atoms with Crippen molar-refractivity contribution in [3.05, 3.63) is 59.4 Å². The highest BCUT2D eigenvalue weighted by molar-refractivity contribution is 5.94. The first-order valence-corrected chi connectivity index (χ1v) is 10.1. The number of hydrogen-bond acceptors (Lipinski definition) is 4. The molecule has 0 aromatic heterocycles. The van der Waals surface area contributed by atoms with Gasteiger partial charge in [0.05, 0.1) is 5.69 Å². The molecule has 1 heterocycles. The second-order valence-electron chi connectivity index (χ2n) is 8.71. The van der Waals surface area contributed by atoms with Gasteiger partial charge in [-0.15, -0.1) is 0 Å². The topological polar surface area (TPSA) is 47.6 Å². The quantitative estimate of drug-likeness (QED) is 0.806. The first kappa shape index (κ1) is 21.1. The molecule has 0 bridgehead atoms. The Bertz CT molecular complexity index is 837. The lowest BCUT2D eigenvalue weighted by Gasteiger charge is -2.34. The summed E-state index contributed by atoms with van der Waals surface area (Å²) < 4.78 is 14.6. The van der Waals surface area contributed by atoms with E-state index in [0.717, 1.165) is 37.4 Å². The number of likely N-dealkylation sites (N-methyl/N-ethyl adjacent to an activating group) is 1. The fourth-order valence-electron chi connectivity index (χ4n) is 3.32. The maximum Gasteiger partial charge on any atom is 0.251 e. The first-order chi connectivity index (χ1) is 13.7. The van der Waals surface area contributed by atoms with Crippen LogP contribution < -0.4 is 15.5 Å². The van der Waals surface area contributed by atoms with Crippen LogP contribution in [-0.2, 0) is 6.54 Å². The van der Waals surface area contributed by atoms with Gasteiger partial charge in [0.15, 0.2) is 0 Å². The van der Waals surface area contributed by atoms with Crippen LogP contribution in [0.2, 0.25) is 0 Å². The number of nitrogens with one attached hydrogen (secondary N) is 2. The third-order valence-electron chi connectivity index (χ3n) is 4.99. The summed E-state index contributed by atoms with van der Waals surface area (Å²) in [4.78, 5) is 16.5. The van der Waals surface area contributed by atoms with E-state index in [4.69, 9.17) is 0 Å². The third kappa shape index (κ3) is 5.94. The fraction of sp³-hybridized carbons (Fsp3) is 0.435. The van der Waals surface area contributed by atoms with Crippen LogP contribution in [0.15, 0.2) is 42.5 Å². The predicted octanol–water partition coefficient (Wildman–Crippen LogP) is 3.72. The number of amides is 1. The standard InChI is InChI=1S/C23H31FN4O/c1-23(2,3)26-22(29)18-6-8-19(9-7-18)25-16-17-5-10-21(20(24)15-17)28-13-11-27(4)12-14-28/h5-10,15,25H,11-14,16H2,1-4H3,(H,26,29). The summed E-state index contributed by atoms with van der Waals surface area (Å²) in [6.07, 6.45) is 0. The third-order valence-corrected chi connectivity index (χ3v) is 4.99. The number of carbonyl (C=O) groups is 1. The molecule has 156 valence electrons. The van der Waals surface area contributed by atoms with Gasteiger partial charge in [0.25, 0.3) is 5.91 Å². The number of piperazine rings is 1. The van der Waals surface area contributed by atoms with Crippen LogP contribution in [0.3, 0.4) is 0 Å². The zero-order valence-corrected chi connectivity index (χ0v) is 17.8. The maximum atomic E-state index is 14.6. The molecule has 2 aromatic carbocycles. The summed E-state index contributed by atoms with van der Waals surface area (Å²) in [7, 11) is 2.09. The van der Waals surface area contributed by atoms with E-state index in [9.17, 15) is 9.18 Å². The molecule has 3 rings (SSSR count). The van der Waals surface area contributed by atoms with Crippen molar-refractivity contribution >= 4 is 17.3 Å². The van der Waals surface area contributed by atoms with Gasteiger partial charge >= 0.3 is 0 Å². The van der Waals surface area contributed by atoms with E-state index in [0.29, 0.717) is 17.8 Å². The lowest BCUT2D eigenvalue weighted by Crippen LogP contribution is -2.44. The lowest BCUT2D eigenvalue weighted by molar-refractivity contribution is 0.0919. The zero-order chi connectivity index (χ0) is 21.0. The molecule has 2 N–H and O–H groups in total. The van der Waals surface area contributed by atoms with Gasteiger partial charge in [0, 0.05) is 49.5 Å². The molecular formula is C23H31FN4O. The minimum Gasteiger partial charge on any atom is -0.381 e. The second kappa shape index (κ2) is 8.82. The highest BCUT2D eigenvalue weighted by atomic mass is 19.1. The van der Waals surface area contributed by atoms with Crippen molar-refractivity contribution in [2.75, 3.05) is 43.4 Å². The Morgan fingerprint density at radius 1 is 1.03 bits per heavy atom. The summed E-state index contributed by atoms with van der Waals surface area (Å²) in [5.41, 5.74) is 2.80. The fourth-order valence-corrected chi connectivity index (χ4v) is 3.32. The molecule has 0 spiro atoms. The lowest BCUT2D eigenvalue weighted by atomic mass is 10.1. The number of rotatable bonds is 5. The van der Waals surface area contributed by atoms with Crippen molar-refractivity contribution in [1.82, 2.24) is 10.2 Å². The molecule has 0 unspecified atom stereocenters. The highest BCUT2D eigenvalue weighted by Gasteiger charge is 2.17. The highest BCUT2D eigenvalue weighted by Crippen LogP contribution is 2.22. The van der Waals surface area contributed by atoms with E-state index < -0.39 is 0 Å². The van der Waals surface area contributed by atoms with E-state index in [-0.39, 0.29) is 17.3 Å². The van der Waals surface area contributed by atoms with Crippen molar-refractivity contribution < 1.29 is 9.18 Å². The minimum absolute atomic E-state index is 0.0920. The molecule has 0 atom stereocenters. The van der Waals surface area contributed by atoms with E-state index in [1.54, 1.807) is 18.2 Å². The molecule has 5 nitrogen and oxygen atoms in total. The number of hydrogen-bond donors (Lipinski definition) is 2. The zero-order valence-electron chi connectivity index (χ0n) is 17.8. The van der Waals surface area contributed by atoms with Crippen molar-refractivity contribution in [2.45, 2.75) is 32.9 Å². The van der Waals surface area contributed by atoms with E-state index in [1.165, 1.54) is 0 Å². The van der Waals surface area contributed by atoms with Crippen molar-refractivity contribution in [1.29, 1.82) is 0 Å². The smallest absolute Gasteiger partial charge is 0.251 e. The van der Waals surface area contributed by atoms with Crippen molar-refractivity contribution in [3.8, 4) is 0 Å². The van der Waals surface area contributed by atoms with Gasteiger partial charge in [-0.3, -0.25) is 4.79 Å². The Labute approximate surface area is 172 Å². The van der Waals surface area contributed by atoms with Gasteiger partial charge in [0.2, 0.25) is 0 Å². The first-order valence-electron chi connectivity index (χ1n) is 10.1. The van der Waals surface area contributed by atoms with E-state index in [2.05, 4.69) is 27.5 Å². The summed E-state index contributed by atoms with van der Waals surface area (Å²) >= 11 is 0. The molecule has 1 fully saturated rings. The SMILES string of the molecule is CN1CCN(c2ccc(CNc3ccc(C(=O)NC(C)(C)C)cc3)cc2F)CC1. The molecule has 1 aliphatic heterocycles. The van der Waals surface area contributed by atoms with Crippen LogP contribution in [-0.4, -0.2) is 49.6 Å². The average Bonchev–Trinajstić information content (AvgIpc) is 2.66. The van der Waals surface area contributed by atoms with Crippen LogP contribution in [0.1, 0.15) is 36.7 Å². The summed E-state index contributed by atoms with van der Waals surface area (Å²) in [5.74, 6) is -0.270. The molecular weight excluding hydrogens is 367 g/mol. The molecule has 29 heavy (non-hydrogen) atoms. The Hall–Kier alpha value is -2.60. The van der Waals surface area contributed by atoms with Crippen LogP contribution >= 0.6 is 0 Å². The molecule has 0 saturated carbocycles. The van der Waals surface area contributed by atoms with Crippen LogP contribution in [0.25, 0.3) is 0 Å². The summed E-state index contributed by atoms with van der Waals surface area (Å²) in [5, 5.41) is 6.23. The van der Waals surface area contributed by atoms with Crippen LogP contribution in [0.4, 0.5) is 15.8 Å². The minimum atomic E-state index is -0.269. The number of halogens is 1. The Balaban J connectivity index is 1.57. The molecule has 1 saturated heterocycles. The van der Waals surface area contributed by atoms with Gasteiger partial charge in [-0.05, 0) is 69.8 Å². The predicted molar refractivity (Wildman–Crippen MR) is 117 cm³/mol. The Kier molecular flexibility index (Phi) is 6.42. The second-order valence-corrected chi connectivity index (χ2v) is 8.71. The van der Waals surface area contributed by atoms with Crippen molar-refractivity contribution in [3.63, 3.8) is 0 Å². The molecule has 0 radical (unpaired) electrons. The molecule has 0 aliphatic carbocycles. The Morgan fingerprint density at radius 2 is 1.69 bits per heavy atom. The summed E-state index contributed by atoms with van der Waals surface area (Å²) in [6, 6.07) is 12.8. The van der Waals surface area contributed by atoms with Gasteiger partial charge < -0.3 is 20.4 Å². The van der Waals surface area contributed by atoms with Crippen LogP contribution in [0, 0.1) is 5.82 Å². The number of nitrogens with zero attached hydrogens (tertiary/aromatic N) is 2. The Morgan fingerprint density at radius 3 is 2.28 bits per heavy atom. The van der Waals surface area contributed by atoms with Gasteiger partial charge in [-0.25, -0.2) is 4.39 Å². The summed E-state index contributed by atoms with van der Waals surface area (Å²) in [6.45, 7) is 9.98. The number of anilines is 2. The van der Waals surface area contributed by atoms with Gasteiger partial charge in [-0.2, -0.15) is 0 Å². The van der Waals surface area contributed by atoms with Gasteiger partial charge in [-0.1, -0.05) is 6.07 Å².